The lowest BCUT2D eigenvalue weighted by Crippen LogP contribution is -2.35. The Kier molecular flexibility index (Phi) is 5.28. The summed E-state index contributed by atoms with van der Waals surface area (Å²) in [5.74, 6) is 0.918. The van der Waals surface area contributed by atoms with E-state index in [1.165, 1.54) is 0 Å². The molecule has 0 fully saturated rings. The molecule has 0 amide bonds. The molecule has 0 atom stereocenters. The lowest BCUT2D eigenvalue weighted by Gasteiger charge is -2.22. The van der Waals surface area contributed by atoms with Gasteiger partial charge in [-0.2, -0.15) is 0 Å². The van der Waals surface area contributed by atoms with Gasteiger partial charge in [0.2, 0.25) is 0 Å². The fraction of sp³-hybridized carbons (Fsp3) is 0.417. The third-order valence-corrected chi connectivity index (χ3v) is 3.56. The van der Waals surface area contributed by atoms with Crippen molar-refractivity contribution < 1.29 is 0 Å². The smallest absolute Gasteiger partial charge is 0.195 e. The van der Waals surface area contributed by atoms with Crippen LogP contribution in [0.2, 0.25) is 5.02 Å². The molecule has 0 aliphatic rings. The Morgan fingerprint density at radius 1 is 1.24 bits per heavy atom. The fourth-order valence-electron chi connectivity index (χ4n) is 1.51. The van der Waals surface area contributed by atoms with Gasteiger partial charge in [-0.3, -0.25) is 0 Å². The minimum absolute atomic E-state index is 0.573. The van der Waals surface area contributed by atoms with Crippen molar-refractivity contribution >= 4 is 33.5 Å². The number of benzene rings is 1. The van der Waals surface area contributed by atoms with Gasteiger partial charge in [0.1, 0.15) is 0 Å². The highest BCUT2D eigenvalue weighted by Gasteiger charge is 2.06. The quantitative estimate of drug-likeness (QED) is 0.616. The van der Waals surface area contributed by atoms with Crippen molar-refractivity contribution in [1.82, 2.24) is 9.80 Å². The maximum atomic E-state index is 6.19. The predicted molar refractivity (Wildman–Crippen MR) is 77.7 cm³/mol. The molecule has 94 valence electrons. The van der Waals surface area contributed by atoms with Crippen molar-refractivity contribution in [3.8, 4) is 0 Å². The van der Waals surface area contributed by atoms with Gasteiger partial charge in [-0.15, -0.1) is 0 Å². The molecule has 3 nitrogen and oxygen atoms in total. The number of hydrogen-bond acceptors (Lipinski definition) is 1. The van der Waals surface area contributed by atoms with Gasteiger partial charge < -0.3 is 9.80 Å². The Morgan fingerprint density at radius 2 is 1.82 bits per heavy atom. The predicted octanol–water partition coefficient (Wildman–Crippen LogP) is 3.08. The van der Waals surface area contributed by atoms with Crippen LogP contribution < -0.4 is 0 Å². The first-order valence-electron chi connectivity index (χ1n) is 5.25. The Hall–Kier alpha value is -0.740. The van der Waals surface area contributed by atoms with Gasteiger partial charge in [0.15, 0.2) is 5.96 Å². The van der Waals surface area contributed by atoms with Gasteiger partial charge in [-0.25, -0.2) is 4.99 Å². The van der Waals surface area contributed by atoms with Crippen LogP contribution in [0.1, 0.15) is 5.56 Å². The third kappa shape index (κ3) is 3.89. The zero-order valence-electron chi connectivity index (χ0n) is 10.5. The van der Waals surface area contributed by atoms with E-state index in [9.17, 15) is 0 Å². The van der Waals surface area contributed by atoms with Crippen molar-refractivity contribution in [3.05, 3.63) is 33.3 Å². The van der Waals surface area contributed by atoms with Crippen LogP contribution in [0.25, 0.3) is 0 Å². The number of hydrogen-bond donors (Lipinski definition) is 0. The summed E-state index contributed by atoms with van der Waals surface area (Å²) in [6.45, 7) is 0.573. The fourth-order valence-corrected chi connectivity index (χ4v) is 2.10. The van der Waals surface area contributed by atoms with Crippen LogP contribution in [-0.4, -0.2) is 44.0 Å². The van der Waals surface area contributed by atoms with Crippen LogP contribution in [0.3, 0.4) is 0 Å². The monoisotopic (exact) mass is 317 g/mol. The van der Waals surface area contributed by atoms with Crippen molar-refractivity contribution in [2.75, 3.05) is 28.2 Å². The number of halogens is 2. The van der Waals surface area contributed by atoms with Crippen molar-refractivity contribution in [1.29, 1.82) is 0 Å². The minimum Gasteiger partial charge on any atom is -0.349 e. The van der Waals surface area contributed by atoms with E-state index < -0.39 is 0 Å². The molecule has 0 aliphatic heterocycles. The second-order valence-corrected chi connectivity index (χ2v) is 5.35. The first-order valence-corrected chi connectivity index (χ1v) is 6.42. The molecule has 0 spiro atoms. The van der Waals surface area contributed by atoms with E-state index in [0.717, 1.165) is 21.0 Å². The standard InChI is InChI=1S/C12H17BrClN3/c1-16(2)12(17(3)4)15-8-9-6-5-7-10(13)11(9)14/h5-7H,8H2,1-4H3. The molecule has 1 aromatic rings. The summed E-state index contributed by atoms with van der Waals surface area (Å²) in [5.41, 5.74) is 1.02. The van der Waals surface area contributed by atoms with E-state index in [0.29, 0.717) is 6.54 Å². The third-order valence-electron chi connectivity index (χ3n) is 2.22. The van der Waals surface area contributed by atoms with Crippen LogP contribution in [0.4, 0.5) is 0 Å². The van der Waals surface area contributed by atoms with Crippen LogP contribution >= 0.6 is 27.5 Å². The van der Waals surface area contributed by atoms with Gasteiger partial charge in [0.25, 0.3) is 0 Å². The van der Waals surface area contributed by atoms with E-state index in [-0.39, 0.29) is 0 Å². The van der Waals surface area contributed by atoms with Gasteiger partial charge in [-0.05, 0) is 27.6 Å². The van der Waals surface area contributed by atoms with E-state index >= 15 is 0 Å². The summed E-state index contributed by atoms with van der Waals surface area (Å²) in [5, 5.41) is 0.730. The van der Waals surface area contributed by atoms with E-state index in [1.54, 1.807) is 0 Å². The Bertz CT molecular complexity index is 406. The molecule has 5 heteroatoms. The first kappa shape index (κ1) is 14.3. The van der Waals surface area contributed by atoms with Gasteiger partial charge in [0.05, 0.1) is 11.6 Å². The second-order valence-electron chi connectivity index (χ2n) is 4.12. The van der Waals surface area contributed by atoms with Gasteiger partial charge in [-0.1, -0.05) is 23.7 Å². The topological polar surface area (TPSA) is 18.8 Å². The summed E-state index contributed by atoms with van der Waals surface area (Å²) in [6.07, 6.45) is 0. The van der Waals surface area contributed by atoms with Gasteiger partial charge in [0, 0.05) is 32.7 Å². The second kappa shape index (κ2) is 6.26. The Balaban J connectivity index is 2.91. The Labute approximate surface area is 116 Å². The molecule has 0 saturated carbocycles. The number of nitrogens with zero attached hydrogens (tertiary/aromatic N) is 3. The number of guanidine groups is 1. The molecule has 1 rings (SSSR count). The highest BCUT2D eigenvalue weighted by atomic mass is 79.9. The van der Waals surface area contributed by atoms with Crippen molar-refractivity contribution in [2.45, 2.75) is 6.54 Å². The van der Waals surface area contributed by atoms with E-state index in [1.807, 2.05) is 56.2 Å². The maximum absolute atomic E-state index is 6.19. The summed E-state index contributed by atoms with van der Waals surface area (Å²) in [7, 11) is 7.89. The molecule has 0 heterocycles. The summed E-state index contributed by atoms with van der Waals surface area (Å²) in [6, 6.07) is 5.87. The summed E-state index contributed by atoms with van der Waals surface area (Å²) < 4.78 is 0.906. The molecular weight excluding hydrogens is 302 g/mol. The molecule has 0 unspecified atom stereocenters. The van der Waals surface area contributed by atoms with Gasteiger partial charge >= 0.3 is 0 Å². The Morgan fingerprint density at radius 3 is 2.35 bits per heavy atom. The molecule has 0 N–H and O–H groups in total. The highest BCUT2D eigenvalue weighted by Crippen LogP contribution is 2.26. The summed E-state index contributed by atoms with van der Waals surface area (Å²) >= 11 is 9.60. The van der Waals surface area contributed by atoms with Crippen LogP contribution in [0, 0.1) is 0 Å². The zero-order valence-corrected chi connectivity index (χ0v) is 12.9. The van der Waals surface area contributed by atoms with Crippen molar-refractivity contribution in [2.24, 2.45) is 4.99 Å². The molecule has 0 radical (unpaired) electrons. The average molecular weight is 319 g/mol. The van der Waals surface area contributed by atoms with E-state index in [2.05, 4.69) is 20.9 Å². The van der Waals surface area contributed by atoms with E-state index in [4.69, 9.17) is 11.6 Å². The number of aliphatic imine (C=N–C) groups is 1. The molecule has 0 aliphatic carbocycles. The normalized spacial score (nSPS) is 10.0. The largest absolute Gasteiger partial charge is 0.349 e. The molecule has 0 bridgehead atoms. The maximum Gasteiger partial charge on any atom is 0.195 e. The molecular formula is C12H17BrClN3. The molecule has 0 saturated heterocycles. The molecule has 0 aromatic heterocycles. The van der Waals surface area contributed by atoms with Crippen molar-refractivity contribution in [3.63, 3.8) is 0 Å². The van der Waals surface area contributed by atoms with Crippen LogP contribution in [0.5, 0.6) is 0 Å². The summed E-state index contributed by atoms with van der Waals surface area (Å²) in [4.78, 5) is 8.51. The lowest BCUT2D eigenvalue weighted by molar-refractivity contribution is 0.479. The van der Waals surface area contributed by atoms with Crippen LogP contribution in [0.15, 0.2) is 27.7 Å². The zero-order chi connectivity index (χ0) is 13.0. The number of rotatable bonds is 2. The minimum atomic E-state index is 0.573. The molecule has 1 aromatic carbocycles. The average Bonchev–Trinajstić information content (AvgIpc) is 2.23. The molecule has 17 heavy (non-hydrogen) atoms. The van der Waals surface area contributed by atoms with Crippen LogP contribution in [-0.2, 0) is 6.54 Å². The lowest BCUT2D eigenvalue weighted by atomic mass is 10.2. The SMILES string of the molecule is CN(C)C(=NCc1cccc(Br)c1Cl)N(C)C. The first-order chi connectivity index (χ1) is 7.93. The highest BCUT2D eigenvalue weighted by molar-refractivity contribution is 9.10.